The Morgan fingerprint density at radius 1 is 1.27 bits per heavy atom. The Balaban J connectivity index is 1.73. The Morgan fingerprint density at radius 2 is 1.97 bits per heavy atom. The zero-order valence-electron chi connectivity index (χ0n) is 16.2. The van der Waals surface area contributed by atoms with Gasteiger partial charge in [-0.1, -0.05) is 0 Å². The molecule has 0 bridgehead atoms. The number of ether oxygens (including phenoxy) is 2. The van der Waals surface area contributed by atoms with Crippen LogP contribution in [0, 0.1) is 5.82 Å². The molecule has 1 saturated heterocycles. The summed E-state index contributed by atoms with van der Waals surface area (Å²) in [7, 11) is -2.56. The van der Waals surface area contributed by atoms with E-state index in [4.69, 9.17) is 9.47 Å². The van der Waals surface area contributed by atoms with E-state index < -0.39 is 28.0 Å². The molecule has 2 N–H and O–H groups in total. The van der Waals surface area contributed by atoms with E-state index in [2.05, 4.69) is 10.0 Å². The number of anilines is 2. The van der Waals surface area contributed by atoms with Crippen LogP contribution < -0.4 is 19.7 Å². The smallest absolute Gasteiger partial charge is 0.414 e. The van der Waals surface area contributed by atoms with Crippen LogP contribution in [-0.4, -0.2) is 46.7 Å². The number of benzene rings is 2. The van der Waals surface area contributed by atoms with Crippen LogP contribution in [-0.2, 0) is 19.6 Å². The van der Waals surface area contributed by atoms with Gasteiger partial charge in [-0.15, -0.1) is 0 Å². The van der Waals surface area contributed by atoms with Gasteiger partial charge >= 0.3 is 6.09 Å². The lowest BCUT2D eigenvalue weighted by Gasteiger charge is -2.15. The van der Waals surface area contributed by atoms with Crippen LogP contribution in [0.15, 0.2) is 47.4 Å². The van der Waals surface area contributed by atoms with Gasteiger partial charge in [0.15, 0.2) is 0 Å². The molecule has 2 amide bonds. The molecule has 0 radical (unpaired) electrons. The third-order valence-corrected chi connectivity index (χ3v) is 5.71. The normalized spacial score (nSPS) is 16.2. The van der Waals surface area contributed by atoms with Crippen molar-refractivity contribution in [3.8, 4) is 5.75 Å². The number of hydrogen-bond acceptors (Lipinski definition) is 6. The average Bonchev–Trinajstić information content (AvgIpc) is 3.08. The maximum Gasteiger partial charge on any atom is 0.414 e. The fraction of sp³-hybridized carbons (Fsp3) is 0.263. The SMILES string of the molecule is COc1ccc(S(=O)(=O)Nc2ccc(N3C[C@H](CNC(C)=O)OC3=O)cc2F)cc1. The molecule has 30 heavy (non-hydrogen) atoms. The number of hydrogen-bond donors (Lipinski definition) is 2. The first-order valence-corrected chi connectivity index (χ1v) is 10.4. The van der Waals surface area contributed by atoms with Crippen molar-refractivity contribution < 1.29 is 31.9 Å². The highest BCUT2D eigenvalue weighted by Crippen LogP contribution is 2.27. The van der Waals surface area contributed by atoms with Gasteiger partial charge in [0.05, 0.1) is 36.5 Å². The quantitative estimate of drug-likeness (QED) is 0.686. The summed E-state index contributed by atoms with van der Waals surface area (Å²) in [6, 6.07) is 9.28. The van der Waals surface area contributed by atoms with Crippen molar-refractivity contribution >= 4 is 33.4 Å². The fourth-order valence-corrected chi connectivity index (χ4v) is 3.88. The molecule has 11 heteroatoms. The van der Waals surface area contributed by atoms with Crippen LogP contribution in [0.2, 0.25) is 0 Å². The van der Waals surface area contributed by atoms with Crippen molar-refractivity contribution in [1.82, 2.24) is 5.32 Å². The second-order valence-electron chi connectivity index (χ2n) is 6.50. The van der Waals surface area contributed by atoms with E-state index >= 15 is 0 Å². The van der Waals surface area contributed by atoms with Gasteiger partial charge in [0.1, 0.15) is 17.7 Å². The number of halogens is 1. The molecule has 2 aromatic rings. The van der Waals surface area contributed by atoms with Crippen LogP contribution in [0.3, 0.4) is 0 Å². The third kappa shape index (κ3) is 4.79. The summed E-state index contributed by atoms with van der Waals surface area (Å²) in [6.07, 6.45) is -1.26. The van der Waals surface area contributed by atoms with Crippen LogP contribution >= 0.6 is 0 Å². The van der Waals surface area contributed by atoms with E-state index in [0.717, 1.165) is 6.07 Å². The van der Waals surface area contributed by atoms with E-state index in [1.165, 1.54) is 55.3 Å². The summed E-state index contributed by atoms with van der Waals surface area (Å²) < 4.78 is 51.8. The molecule has 2 aromatic carbocycles. The molecule has 1 fully saturated rings. The van der Waals surface area contributed by atoms with Gasteiger partial charge in [0.2, 0.25) is 5.91 Å². The van der Waals surface area contributed by atoms with Crippen molar-refractivity contribution in [3.05, 3.63) is 48.3 Å². The fourth-order valence-electron chi connectivity index (χ4n) is 2.81. The summed E-state index contributed by atoms with van der Waals surface area (Å²) in [6.45, 7) is 1.60. The van der Waals surface area contributed by atoms with E-state index in [1.807, 2.05) is 0 Å². The molecular weight excluding hydrogens is 417 g/mol. The molecule has 0 aliphatic carbocycles. The molecular formula is C19H20FN3O6S. The van der Waals surface area contributed by atoms with E-state index in [9.17, 15) is 22.4 Å². The molecule has 0 saturated carbocycles. The van der Waals surface area contributed by atoms with Gasteiger partial charge in [-0.3, -0.25) is 14.4 Å². The van der Waals surface area contributed by atoms with Crippen LogP contribution in [0.4, 0.5) is 20.6 Å². The first-order chi connectivity index (χ1) is 14.2. The molecule has 0 unspecified atom stereocenters. The van der Waals surface area contributed by atoms with Crippen LogP contribution in [0.1, 0.15) is 6.92 Å². The van der Waals surface area contributed by atoms with Crippen molar-refractivity contribution in [2.75, 3.05) is 29.8 Å². The number of carbonyl (C=O) groups excluding carboxylic acids is 2. The van der Waals surface area contributed by atoms with Crippen molar-refractivity contribution in [3.63, 3.8) is 0 Å². The molecule has 160 valence electrons. The minimum atomic E-state index is -4.02. The number of nitrogens with one attached hydrogen (secondary N) is 2. The van der Waals surface area contributed by atoms with Crippen molar-refractivity contribution in [1.29, 1.82) is 0 Å². The summed E-state index contributed by atoms with van der Waals surface area (Å²) in [5.74, 6) is -0.634. The maximum atomic E-state index is 14.6. The predicted octanol–water partition coefficient (Wildman–Crippen LogP) is 2.10. The Bertz CT molecular complexity index is 1060. The second kappa shape index (κ2) is 8.57. The lowest BCUT2D eigenvalue weighted by molar-refractivity contribution is -0.119. The number of methoxy groups -OCH3 is 1. The highest BCUT2D eigenvalue weighted by molar-refractivity contribution is 7.92. The molecule has 3 rings (SSSR count). The van der Waals surface area contributed by atoms with Gasteiger partial charge < -0.3 is 14.8 Å². The monoisotopic (exact) mass is 437 g/mol. The van der Waals surface area contributed by atoms with E-state index in [0.29, 0.717) is 5.75 Å². The lowest BCUT2D eigenvalue weighted by atomic mass is 10.2. The number of amides is 2. The maximum absolute atomic E-state index is 14.6. The molecule has 9 nitrogen and oxygen atoms in total. The van der Waals surface area contributed by atoms with Gasteiger partial charge in [0, 0.05) is 6.92 Å². The highest BCUT2D eigenvalue weighted by Gasteiger charge is 2.32. The standard InChI is InChI=1S/C19H20FN3O6S/c1-12(24)21-10-15-11-23(19(25)29-15)13-3-8-18(17(20)9-13)22-30(26,27)16-6-4-14(28-2)5-7-16/h3-9,15,22H,10-11H2,1-2H3,(H,21,24)/t15-/m0/s1. The lowest BCUT2D eigenvalue weighted by Crippen LogP contribution is -2.33. The van der Waals surface area contributed by atoms with Gasteiger partial charge in [-0.25, -0.2) is 17.6 Å². The molecule has 0 spiro atoms. The Morgan fingerprint density at radius 3 is 2.57 bits per heavy atom. The molecule has 1 atom stereocenters. The predicted molar refractivity (Wildman–Crippen MR) is 107 cm³/mol. The number of cyclic esters (lactones) is 1. The Kier molecular flexibility index (Phi) is 6.11. The Hall–Kier alpha value is -3.34. The van der Waals surface area contributed by atoms with Gasteiger partial charge in [-0.05, 0) is 42.5 Å². The third-order valence-electron chi connectivity index (χ3n) is 4.33. The first kappa shape index (κ1) is 21.4. The van der Waals surface area contributed by atoms with Gasteiger partial charge in [-0.2, -0.15) is 0 Å². The van der Waals surface area contributed by atoms with Crippen molar-refractivity contribution in [2.45, 2.75) is 17.9 Å². The number of sulfonamides is 1. The largest absolute Gasteiger partial charge is 0.497 e. The summed E-state index contributed by atoms with van der Waals surface area (Å²) in [4.78, 5) is 24.2. The van der Waals surface area contributed by atoms with Crippen molar-refractivity contribution in [2.24, 2.45) is 0 Å². The summed E-state index contributed by atoms with van der Waals surface area (Å²) in [5.41, 5.74) is -0.0628. The number of nitrogens with zero attached hydrogens (tertiary/aromatic N) is 1. The molecule has 0 aromatic heterocycles. The zero-order chi connectivity index (χ0) is 21.9. The first-order valence-electron chi connectivity index (χ1n) is 8.88. The summed E-state index contributed by atoms with van der Waals surface area (Å²) in [5, 5.41) is 2.55. The summed E-state index contributed by atoms with van der Waals surface area (Å²) >= 11 is 0. The minimum absolute atomic E-state index is 0.0595. The molecule has 1 aliphatic rings. The van der Waals surface area contributed by atoms with Crippen LogP contribution in [0.5, 0.6) is 5.75 Å². The van der Waals surface area contributed by atoms with Crippen LogP contribution in [0.25, 0.3) is 0 Å². The average molecular weight is 437 g/mol. The van der Waals surface area contributed by atoms with E-state index in [-0.39, 0.29) is 35.3 Å². The van der Waals surface area contributed by atoms with Gasteiger partial charge in [0.25, 0.3) is 10.0 Å². The van der Waals surface area contributed by atoms with E-state index in [1.54, 1.807) is 0 Å². The number of carbonyl (C=O) groups is 2. The highest BCUT2D eigenvalue weighted by atomic mass is 32.2. The second-order valence-corrected chi connectivity index (χ2v) is 8.18. The Labute approximate surface area is 172 Å². The zero-order valence-corrected chi connectivity index (χ0v) is 17.0. The molecule has 1 heterocycles. The molecule has 1 aliphatic heterocycles. The minimum Gasteiger partial charge on any atom is -0.497 e. The topological polar surface area (TPSA) is 114 Å². The number of rotatable bonds is 7.